The molecule has 0 unspecified atom stereocenters. The molecule has 122 valence electrons. The second kappa shape index (κ2) is 6.71. The van der Waals surface area contributed by atoms with E-state index in [9.17, 15) is 9.59 Å². The monoisotopic (exact) mass is 322 g/mol. The number of hydrogen-bond acceptors (Lipinski definition) is 4. The van der Waals surface area contributed by atoms with Crippen molar-refractivity contribution in [3.8, 4) is 11.5 Å². The van der Waals surface area contributed by atoms with E-state index in [2.05, 4.69) is 6.08 Å². The smallest absolute Gasteiger partial charge is 0.308 e. The highest BCUT2D eigenvalue weighted by Gasteiger charge is 2.14. The van der Waals surface area contributed by atoms with Crippen LogP contribution in [0.25, 0.3) is 11.6 Å². The predicted molar refractivity (Wildman–Crippen MR) is 91.7 cm³/mol. The van der Waals surface area contributed by atoms with Crippen molar-refractivity contribution in [1.29, 1.82) is 0 Å². The van der Waals surface area contributed by atoms with Gasteiger partial charge in [0.1, 0.15) is 11.5 Å². The van der Waals surface area contributed by atoms with E-state index in [0.29, 0.717) is 11.5 Å². The molecule has 0 saturated heterocycles. The van der Waals surface area contributed by atoms with Crippen molar-refractivity contribution in [2.75, 3.05) is 0 Å². The van der Waals surface area contributed by atoms with Gasteiger partial charge in [0.2, 0.25) is 0 Å². The third-order valence-corrected chi connectivity index (χ3v) is 3.84. The average molecular weight is 322 g/mol. The largest absolute Gasteiger partial charge is 0.427 e. The topological polar surface area (TPSA) is 52.6 Å². The fourth-order valence-electron chi connectivity index (χ4n) is 2.85. The Morgan fingerprint density at radius 3 is 2.29 bits per heavy atom. The first-order chi connectivity index (χ1) is 11.5. The lowest BCUT2D eigenvalue weighted by atomic mass is 9.88. The summed E-state index contributed by atoms with van der Waals surface area (Å²) in [7, 11) is 0. The molecule has 0 amide bonds. The molecule has 0 atom stereocenters. The third-order valence-electron chi connectivity index (χ3n) is 3.84. The minimum atomic E-state index is -0.326. The third kappa shape index (κ3) is 3.71. The Balaban J connectivity index is 1.88. The van der Waals surface area contributed by atoms with Crippen molar-refractivity contribution in [1.82, 2.24) is 0 Å². The first kappa shape index (κ1) is 16.0. The van der Waals surface area contributed by atoms with Gasteiger partial charge in [0, 0.05) is 13.8 Å². The summed E-state index contributed by atoms with van der Waals surface area (Å²) in [5, 5.41) is 0. The summed E-state index contributed by atoms with van der Waals surface area (Å²) in [4.78, 5) is 22.2. The van der Waals surface area contributed by atoms with Gasteiger partial charge in [0.15, 0.2) is 0 Å². The van der Waals surface area contributed by atoms with Crippen molar-refractivity contribution in [3.63, 3.8) is 0 Å². The average Bonchev–Trinajstić information content (AvgIpc) is 2.53. The number of aryl methyl sites for hydroxylation is 1. The van der Waals surface area contributed by atoms with Crippen LogP contribution in [-0.4, -0.2) is 11.9 Å². The Morgan fingerprint density at radius 2 is 1.58 bits per heavy atom. The highest BCUT2D eigenvalue weighted by molar-refractivity contribution is 5.85. The lowest BCUT2D eigenvalue weighted by Gasteiger charge is -2.18. The Morgan fingerprint density at radius 1 is 0.875 bits per heavy atom. The molecule has 0 heterocycles. The second-order valence-electron chi connectivity index (χ2n) is 5.75. The van der Waals surface area contributed by atoms with Gasteiger partial charge in [-0.2, -0.15) is 0 Å². The van der Waals surface area contributed by atoms with Gasteiger partial charge in [-0.15, -0.1) is 0 Å². The highest BCUT2D eigenvalue weighted by Crippen LogP contribution is 2.33. The molecular formula is C20H18O4. The van der Waals surface area contributed by atoms with Crippen molar-refractivity contribution in [2.45, 2.75) is 26.7 Å². The van der Waals surface area contributed by atoms with Crippen molar-refractivity contribution >= 4 is 23.6 Å². The molecule has 0 aliphatic heterocycles. The summed E-state index contributed by atoms with van der Waals surface area (Å²) in [5.74, 6) is 0.490. The van der Waals surface area contributed by atoms with Gasteiger partial charge in [-0.3, -0.25) is 9.59 Å². The maximum Gasteiger partial charge on any atom is 0.308 e. The number of carbonyl (C=O) groups is 2. The summed E-state index contributed by atoms with van der Waals surface area (Å²) in [5.41, 5.74) is 4.51. The van der Waals surface area contributed by atoms with E-state index >= 15 is 0 Å². The van der Waals surface area contributed by atoms with Crippen LogP contribution in [-0.2, 0) is 16.0 Å². The first-order valence-corrected chi connectivity index (χ1v) is 7.82. The maximum absolute atomic E-state index is 11.1. The van der Waals surface area contributed by atoms with Crippen molar-refractivity contribution < 1.29 is 19.1 Å². The zero-order chi connectivity index (χ0) is 17.1. The minimum absolute atomic E-state index is 0.315. The molecule has 4 nitrogen and oxygen atoms in total. The Kier molecular flexibility index (Phi) is 4.47. The summed E-state index contributed by atoms with van der Waals surface area (Å²) >= 11 is 0. The maximum atomic E-state index is 11.1. The summed E-state index contributed by atoms with van der Waals surface area (Å²) in [6.45, 7) is 2.79. The SMILES string of the molecule is CC(=O)Oc1cccc(C2=Cc3ccc(OC(C)=O)cc3CC2)c1. The van der Waals surface area contributed by atoms with Crippen LogP contribution in [0.5, 0.6) is 11.5 Å². The van der Waals surface area contributed by atoms with E-state index in [-0.39, 0.29) is 11.9 Å². The molecule has 3 rings (SSSR count). The molecule has 0 aromatic heterocycles. The van der Waals surface area contributed by atoms with Crippen LogP contribution in [0.15, 0.2) is 42.5 Å². The highest BCUT2D eigenvalue weighted by atomic mass is 16.5. The van der Waals surface area contributed by atoms with Gasteiger partial charge >= 0.3 is 11.9 Å². The van der Waals surface area contributed by atoms with Crippen LogP contribution in [0.4, 0.5) is 0 Å². The van der Waals surface area contributed by atoms with Gasteiger partial charge < -0.3 is 9.47 Å². The Hall–Kier alpha value is -2.88. The summed E-state index contributed by atoms with van der Waals surface area (Å²) < 4.78 is 10.3. The van der Waals surface area contributed by atoms with Gasteiger partial charge in [0.25, 0.3) is 0 Å². The van der Waals surface area contributed by atoms with Crippen LogP contribution >= 0.6 is 0 Å². The molecule has 0 spiro atoms. The lowest BCUT2D eigenvalue weighted by Crippen LogP contribution is -2.04. The predicted octanol–water partition coefficient (Wildman–Crippen LogP) is 4.02. The van der Waals surface area contributed by atoms with Gasteiger partial charge in [0.05, 0.1) is 0 Å². The van der Waals surface area contributed by atoms with Crippen molar-refractivity contribution in [3.05, 3.63) is 59.2 Å². The second-order valence-corrected chi connectivity index (χ2v) is 5.75. The Labute approximate surface area is 140 Å². The van der Waals surface area contributed by atoms with Crippen LogP contribution in [0.2, 0.25) is 0 Å². The van der Waals surface area contributed by atoms with E-state index < -0.39 is 0 Å². The molecule has 4 heteroatoms. The van der Waals surface area contributed by atoms with E-state index in [1.165, 1.54) is 19.4 Å². The number of rotatable bonds is 3. The molecule has 1 aliphatic rings. The molecule has 1 aliphatic carbocycles. The van der Waals surface area contributed by atoms with Crippen LogP contribution in [0, 0.1) is 0 Å². The first-order valence-electron chi connectivity index (χ1n) is 7.82. The number of benzene rings is 2. The van der Waals surface area contributed by atoms with E-state index in [1.807, 2.05) is 30.3 Å². The molecule has 0 fully saturated rings. The molecule has 0 N–H and O–H groups in total. The molecule has 0 radical (unpaired) electrons. The summed E-state index contributed by atoms with van der Waals surface area (Å²) in [6, 6.07) is 13.2. The van der Waals surface area contributed by atoms with Gasteiger partial charge in [-0.25, -0.2) is 0 Å². The fraction of sp³-hybridized carbons (Fsp3) is 0.200. The molecular weight excluding hydrogens is 304 g/mol. The number of ether oxygens (including phenoxy) is 2. The quantitative estimate of drug-likeness (QED) is 0.632. The summed E-state index contributed by atoms with van der Waals surface area (Å²) in [6.07, 6.45) is 3.87. The van der Waals surface area contributed by atoms with Gasteiger partial charge in [-0.1, -0.05) is 24.3 Å². The fourth-order valence-corrected chi connectivity index (χ4v) is 2.85. The van der Waals surface area contributed by atoms with E-state index in [4.69, 9.17) is 9.47 Å². The number of carbonyl (C=O) groups excluding carboxylic acids is 2. The number of hydrogen-bond donors (Lipinski definition) is 0. The zero-order valence-electron chi connectivity index (χ0n) is 13.7. The molecule has 2 aromatic carbocycles. The van der Waals surface area contributed by atoms with Gasteiger partial charge in [-0.05, 0) is 59.4 Å². The molecule has 0 bridgehead atoms. The van der Waals surface area contributed by atoms with Crippen molar-refractivity contribution in [2.24, 2.45) is 0 Å². The molecule has 24 heavy (non-hydrogen) atoms. The number of esters is 2. The van der Waals surface area contributed by atoms with E-state index in [1.54, 1.807) is 12.1 Å². The zero-order valence-corrected chi connectivity index (χ0v) is 13.7. The lowest BCUT2D eigenvalue weighted by molar-refractivity contribution is -0.132. The van der Waals surface area contributed by atoms with Crippen LogP contribution in [0.1, 0.15) is 37.0 Å². The molecule has 2 aromatic rings. The van der Waals surface area contributed by atoms with Crippen LogP contribution in [0.3, 0.4) is 0 Å². The Bertz CT molecular complexity index is 833. The number of allylic oxidation sites excluding steroid dienone is 1. The normalized spacial score (nSPS) is 12.8. The minimum Gasteiger partial charge on any atom is -0.427 e. The van der Waals surface area contributed by atoms with E-state index in [0.717, 1.165) is 29.5 Å². The molecule has 0 saturated carbocycles. The number of fused-ring (bicyclic) bond motifs is 1. The van der Waals surface area contributed by atoms with Crippen LogP contribution < -0.4 is 9.47 Å². The standard InChI is InChI=1S/C20H18O4/c1-13(21)23-19-5-3-4-15(11-19)16-6-7-18-12-20(24-14(2)22)9-8-17(18)10-16/h3-5,8-12H,6-7H2,1-2H3.